The molecule has 0 unspecified atom stereocenters. The summed E-state index contributed by atoms with van der Waals surface area (Å²) in [5, 5.41) is 8.90. The summed E-state index contributed by atoms with van der Waals surface area (Å²) >= 11 is 0. The SMILES string of the molecule is CCCN(CCCc1ccc(C#N)cc1F)Cc1cc(C)ccc1-c1ccccc1. The van der Waals surface area contributed by atoms with Crippen LogP contribution in [0, 0.1) is 24.1 Å². The van der Waals surface area contributed by atoms with Crippen molar-refractivity contribution in [3.05, 3.63) is 94.8 Å². The molecule has 3 heteroatoms. The van der Waals surface area contributed by atoms with Gasteiger partial charge in [-0.15, -0.1) is 0 Å². The Hall–Kier alpha value is -2.96. The number of nitriles is 1. The maximum atomic E-state index is 14.2. The Morgan fingerprint density at radius 3 is 2.43 bits per heavy atom. The Labute approximate surface area is 179 Å². The zero-order chi connectivity index (χ0) is 21.3. The first-order valence-corrected chi connectivity index (χ1v) is 10.7. The molecule has 0 radical (unpaired) electrons. The molecular weight excluding hydrogens is 371 g/mol. The van der Waals surface area contributed by atoms with Gasteiger partial charge in [0.25, 0.3) is 0 Å². The molecule has 0 aromatic heterocycles. The first-order valence-electron chi connectivity index (χ1n) is 10.7. The fraction of sp³-hybridized carbons (Fsp3) is 0.296. The van der Waals surface area contributed by atoms with E-state index in [9.17, 15) is 4.39 Å². The predicted molar refractivity (Wildman–Crippen MR) is 122 cm³/mol. The Balaban J connectivity index is 1.70. The maximum Gasteiger partial charge on any atom is 0.127 e. The highest BCUT2D eigenvalue weighted by Crippen LogP contribution is 2.26. The first kappa shape index (κ1) is 21.7. The Kier molecular flexibility index (Phi) is 7.76. The van der Waals surface area contributed by atoms with E-state index in [4.69, 9.17) is 5.26 Å². The van der Waals surface area contributed by atoms with E-state index in [1.165, 1.54) is 28.3 Å². The molecular formula is C27H29FN2. The van der Waals surface area contributed by atoms with Crippen LogP contribution in [0.4, 0.5) is 4.39 Å². The summed E-state index contributed by atoms with van der Waals surface area (Å²) < 4.78 is 14.2. The van der Waals surface area contributed by atoms with Gasteiger partial charge in [0.05, 0.1) is 11.6 Å². The molecule has 0 aliphatic rings. The van der Waals surface area contributed by atoms with Crippen LogP contribution in [-0.4, -0.2) is 18.0 Å². The topological polar surface area (TPSA) is 27.0 Å². The van der Waals surface area contributed by atoms with E-state index in [1.807, 2.05) is 12.1 Å². The molecule has 0 amide bonds. The number of rotatable bonds is 9. The van der Waals surface area contributed by atoms with E-state index in [1.54, 1.807) is 12.1 Å². The molecule has 3 rings (SSSR count). The average molecular weight is 401 g/mol. The third kappa shape index (κ3) is 5.78. The molecule has 2 nitrogen and oxygen atoms in total. The highest BCUT2D eigenvalue weighted by Gasteiger charge is 2.11. The van der Waals surface area contributed by atoms with E-state index in [0.29, 0.717) is 17.5 Å². The number of benzene rings is 3. The van der Waals surface area contributed by atoms with E-state index in [2.05, 4.69) is 61.2 Å². The van der Waals surface area contributed by atoms with Crippen molar-refractivity contribution >= 4 is 0 Å². The van der Waals surface area contributed by atoms with E-state index in [0.717, 1.165) is 32.5 Å². The van der Waals surface area contributed by atoms with Gasteiger partial charge in [-0.05, 0) is 73.7 Å². The second kappa shape index (κ2) is 10.7. The zero-order valence-electron chi connectivity index (χ0n) is 17.9. The molecule has 0 bridgehead atoms. The number of halogens is 1. The van der Waals surface area contributed by atoms with E-state index >= 15 is 0 Å². The monoisotopic (exact) mass is 400 g/mol. The van der Waals surface area contributed by atoms with Crippen LogP contribution in [0.25, 0.3) is 11.1 Å². The predicted octanol–water partition coefficient (Wildman–Crippen LogP) is 6.52. The Morgan fingerprint density at radius 1 is 0.933 bits per heavy atom. The molecule has 3 aromatic carbocycles. The van der Waals surface area contributed by atoms with Crippen LogP contribution in [-0.2, 0) is 13.0 Å². The van der Waals surface area contributed by atoms with Gasteiger partial charge in [0.2, 0.25) is 0 Å². The summed E-state index contributed by atoms with van der Waals surface area (Å²) in [7, 11) is 0. The quantitative estimate of drug-likeness (QED) is 0.409. The van der Waals surface area contributed by atoms with Gasteiger partial charge in [-0.3, -0.25) is 4.90 Å². The van der Waals surface area contributed by atoms with Gasteiger partial charge in [0.1, 0.15) is 5.82 Å². The fourth-order valence-electron chi connectivity index (χ4n) is 3.89. The van der Waals surface area contributed by atoms with Gasteiger partial charge in [-0.1, -0.05) is 67.1 Å². The maximum absolute atomic E-state index is 14.2. The lowest BCUT2D eigenvalue weighted by Crippen LogP contribution is -2.26. The molecule has 30 heavy (non-hydrogen) atoms. The van der Waals surface area contributed by atoms with Crippen LogP contribution in [0.5, 0.6) is 0 Å². The molecule has 0 heterocycles. The molecule has 0 saturated heterocycles. The lowest BCUT2D eigenvalue weighted by Gasteiger charge is -2.24. The van der Waals surface area contributed by atoms with Gasteiger partial charge in [0, 0.05) is 6.54 Å². The highest BCUT2D eigenvalue weighted by atomic mass is 19.1. The normalized spacial score (nSPS) is 10.9. The molecule has 3 aromatic rings. The number of hydrogen-bond acceptors (Lipinski definition) is 2. The molecule has 0 spiro atoms. The Morgan fingerprint density at radius 2 is 1.73 bits per heavy atom. The van der Waals surface area contributed by atoms with Gasteiger partial charge in [-0.2, -0.15) is 5.26 Å². The van der Waals surface area contributed by atoms with E-state index < -0.39 is 0 Å². The van der Waals surface area contributed by atoms with Gasteiger partial charge in [-0.25, -0.2) is 4.39 Å². The molecule has 0 fully saturated rings. The molecule has 154 valence electrons. The highest BCUT2D eigenvalue weighted by molar-refractivity contribution is 5.67. The first-order chi connectivity index (χ1) is 14.6. The van der Waals surface area contributed by atoms with Gasteiger partial charge >= 0.3 is 0 Å². The number of nitrogens with zero attached hydrogens (tertiary/aromatic N) is 2. The van der Waals surface area contributed by atoms with Crippen molar-refractivity contribution in [1.29, 1.82) is 5.26 Å². The molecule has 0 saturated carbocycles. The largest absolute Gasteiger partial charge is 0.299 e. The lowest BCUT2D eigenvalue weighted by molar-refractivity contribution is 0.262. The Bertz CT molecular complexity index is 1010. The second-order valence-corrected chi connectivity index (χ2v) is 7.82. The average Bonchev–Trinajstić information content (AvgIpc) is 2.75. The number of hydrogen-bond donors (Lipinski definition) is 0. The minimum atomic E-state index is -0.277. The van der Waals surface area contributed by atoms with Crippen LogP contribution in [0.3, 0.4) is 0 Å². The molecule has 0 aliphatic heterocycles. The minimum Gasteiger partial charge on any atom is -0.299 e. The number of aryl methyl sites for hydroxylation is 2. The summed E-state index contributed by atoms with van der Waals surface area (Å²) in [6.07, 6.45) is 2.64. The summed E-state index contributed by atoms with van der Waals surface area (Å²) in [6.45, 7) is 7.14. The smallest absolute Gasteiger partial charge is 0.127 e. The summed E-state index contributed by atoms with van der Waals surface area (Å²) in [4.78, 5) is 2.46. The third-order valence-corrected chi connectivity index (χ3v) is 5.38. The van der Waals surface area contributed by atoms with Crippen molar-refractivity contribution in [2.45, 2.75) is 39.7 Å². The minimum absolute atomic E-state index is 0.277. The third-order valence-electron chi connectivity index (χ3n) is 5.38. The van der Waals surface area contributed by atoms with Crippen molar-refractivity contribution in [3.63, 3.8) is 0 Å². The fourth-order valence-corrected chi connectivity index (χ4v) is 3.89. The molecule has 0 N–H and O–H groups in total. The second-order valence-electron chi connectivity index (χ2n) is 7.82. The van der Waals surface area contributed by atoms with Crippen molar-refractivity contribution in [1.82, 2.24) is 4.90 Å². The summed E-state index contributed by atoms with van der Waals surface area (Å²) in [6, 6.07) is 23.9. The van der Waals surface area contributed by atoms with Crippen LogP contribution >= 0.6 is 0 Å². The van der Waals surface area contributed by atoms with Crippen LogP contribution in [0.2, 0.25) is 0 Å². The van der Waals surface area contributed by atoms with Crippen LogP contribution in [0.1, 0.15) is 42.0 Å². The summed E-state index contributed by atoms with van der Waals surface area (Å²) in [5.74, 6) is -0.277. The molecule has 0 atom stereocenters. The molecule has 0 aliphatic carbocycles. The van der Waals surface area contributed by atoms with Gasteiger partial charge < -0.3 is 0 Å². The van der Waals surface area contributed by atoms with Crippen molar-refractivity contribution in [2.75, 3.05) is 13.1 Å². The van der Waals surface area contributed by atoms with Crippen molar-refractivity contribution in [3.8, 4) is 17.2 Å². The lowest BCUT2D eigenvalue weighted by atomic mass is 9.97. The zero-order valence-corrected chi connectivity index (χ0v) is 17.9. The van der Waals surface area contributed by atoms with Crippen molar-refractivity contribution < 1.29 is 4.39 Å². The van der Waals surface area contributed by atoms with E-state index in [-0.39, 0.29) is 5.82 Å². The van der Waals surface area contributed by atoms with Crippen LogP contribution in [0.15, 0.2) is 66.7 Å². The van der Waals surface area contributed by atoms with Crippen LogP contribution < -0.4 is 0 Å². The van der Waals surface area contributed by atoms with Gasteiger partial charge in [0.15, 0.2) is 0 Å². The standard InChI is InChI=1S/C27H29FN2/c1-3-15-30(16-7-10-24-13-12-22(19-29)18-27(24)28)20-25-17-21(2)11-14-26(25)23-8-5-4-6-9-23/h4-6,8-9,11-14,17-18H,3,7,10,15-16,20H2,1-2H3. The van der Waals surface area contributed by atoms with Crippen molar-refractivity contribution in [2.24, 2.45) is 0 Å². The summed E-state index contributed by atoms with van der Waals surface area (Å²) in [5.41, 5.74) is 6.17.